The van der Waals surface area contributed by atoms with E-state index >= 15 is 0 Å². The molecule has 1 aromatic heterocycles. The summed E-state index contributed by atoms with van der Waals surface area (Å²) in [6.45, 7) is 0. The topological polar surface area (TPSA) is 50.2 Å². The number of para-hydroxylation sites is 1. The molecule has 128 valence electrons. The predicted octanol–water partition coefficient (Wildman–Crippen LogP) is 5.33. The lowest BCUT2D eigenvalue weighted by Crippen LogP contribution is -2.07. The van der Waals surface area contributed by atoms with E-state index in [0.29, 0.717) is 10.5 Å². The molecule has 0 aliphatic carbocycles. The standard InChI is InChI=1S/C18H12F3NO2S/c19-18(20,21)13-6-2-1-5-11(13)9-12(10-16(23)24)17-22-14-7-3-4-8-15(14)25-17/h1-9H,10H2,(H,23,24)/b12-9-. The number of aliphatic carboxylic acids is 1. The second-order valence-corrected chi connectivity index (χ2v) is 6.34. The van der Waals surface area contributed by atoms with E-state index < -0.39 is 24.1 Å². The van der Waals surface area contributed by atoms with Gasteiger partial charge in [-0.3, -0.25) is 4.79 Å². The molecular formula is C18H12F3NO2S. The molecule has 0 aliphatic rings. The lowest BCUT2D eigenvalue weighted by atomic mass is 10.0. The molecule has 25 heavy (non-hydrogen) atoms. The molecule has 0 aliphatic heterocycles. The van der Waals surface area contributed by atoms with Gasteiger partial charge < -0.3 is 5.11 Å². The average molecular weight is 363 g/mol. The zero-order valence-corrected chi connectivity index (χ0v) is 13.6. The van der Waals surface area contributed by atoms with Gasteiger partial charge in [-0.05, 0) is 35.4 Å². The maximum absolute atomic E-state index is 13.2. The molecular weight excluding hydrogens is 351 g/mol. The molecule has 1 N–H and O–H groups in total. The second kappa shape index (κ2) is 6.68. The number of carboxylic acid groups (broad SMARTS) is 1. The first kappa shape index (κ1) is 17.2. The van der Waals surface area contributed by atoms with E-state index in [1.807, 2.05) is 12.1 Å². The SMILES string of the molecule is O=C(O)C/C(=C/c1ccccc1C(F)(F)F)c1nc2ccccc2s1. The van der Waals surface area contributed by atoms with Crippen molar-refractivity contribution in [3.8, 4) is 0 Å². The first-order valence-corrected chi connectivity index (χ1v) is 8.11. The maximum atomic E-state index is 13.2. The number of alkyl halides is 3. The molecule has 0 saturated carbocycles. The van der Waals surface area contributed by atoms with Gasteiger partial charge in [0.05, 0.1) is 22.2 Å². The van der Waals surface area contributed by atoms with Crippen LogP contribution in [-0.2, 0) is 11.0 Å². The first-order valence-electron chi connectivity index (χ1n) is 7.29. The highest BCUT2D eigenvalue weighted by Crippen LogP contribution is 2.35. The molecule has 0 fully saturated rings. The zero-order valence-electron chi connectivity index (χ0n) is 12.7. The Morgan fingerprint density at radius 1 is 1.12 bits per heavy atom. The van der Waals surface area contributed by atoms with Crippen LogP contribution in [0.5, 0.6) is 0 Å². The summed E-state index contributed by atoms with van der Waals surface area (Å²) in [6.07, 6.45) is -3.67. The van der Waals surface area contributed by atoms with Gasteiger partial charge in [0, 0.05) is 0 Å². The van der Waals surface area contributed by atoms with Gasteiger partial charge in [0.25, 0.3) is 0 Å². The largest absolute Gasteiger partial charge is 0.481 e. The molecule has 0 radical (unpaired) electrons. The highest BCUT2D eigenvalue weighted by Gasteiger charge is 2.32. The third-order valence-corrected chi connectivity index (χ3v) is 4.62. The van der Waals surface area contributed by atoms with Crippen LogP contribution in [-0.4, -0.2) is 16.1 Å². The molecule has 0 amide bonds. The fraction of sp³-hybridized carbons (Fsp3) is 0.111. The minimum Gasteiger partial charge on any atom is -0.481 e. The van der Waals surface area contributed by atoms with Crippen LogP contribution in [0.15, 0.2) is 48.5 Å². The van der Waals surface area contributed by atoms with Crippen molar-refractivity contribution in [3.63, 3.8) is 0 Å². The van der Waals surface area contributed by atoms with E-state index in [2.05, 4.69) is 4.98 Å². The number of aromatic nitrogens is 1. The summed E-state index contributed by atoms with van der Waals surface area (Å²) in [6, 6.07) is 12.3. The minimum atomic E-state index is -4.52. The van der Waals surface area contributed by atoms with E-state index in [1.54, 1.807) is 12.1 Å². The number of hydrogen-bond acceptors (Lipinski definition) is 3. The van der Waals surface area contributed by atoms with Crippen LogP contribution in [0.4, 0.5) is 13.2 Å². The quantitative estimate of drug-likeness (QED) is 0.682. The van der Waals surface area contributed by atoms with Gasteiger partial charge in [-0.25, -0.2) is 4.98 Å². The number of halogens is 3. The monoisotopic (exact) mass is 363 g/mol. The van der Waals surface area contributed by atoms with Crippen LogP contribution in [0.3, 0.4) is 0 Å². The van der Waals surface area contributed by atoms with Crippen LogP contribution >= 0.6 is 11.3 Å². The molecule has 3 rings (SSSR count). The number of hydrogen-bond donors (Lipinski definition) is 1. The van der Waals surface area contributed by atoms with Crippen molar-refractivity contribution < 1.29 is 23.1 Å². The Balaban J connectivity index is 2.13. The van der Waals surface area contributed by atoms with Gasteiger partial charge in [0.15, 0.2) is 0 Å². The number of fused-ring (bicyclic) bond motifs is 1. The van der Waals surface area contributed by atoms with Crippen LogP contribution in [0.2, 0.25) is 0 Å². The fourth-order valence-corrected chi connectivity index (χ4v) is 3.41. The smallest absolute Gasteiger partial charge is 0.416 e. The Hall–Kier alpha value is -2.67. The van der Waals surface area contributed by atoms with Crippen molar-refractivity contribution in [3.05, 3.63) is 64.7 Å². The zero-order chi connectivity index (χ0) is 18.0. The maximum Gasteiger partial charge on any atom is 0.416 e. The van der Waals surface area contributed by atoms with Crippen molar-refractivity contribution in [2.45, 2.75) is 12.6 Å². The van der Waals surface area contributed by atoms with Crippen molar-refractivity contribution in [2.75, 3.05) is 0 Å². The van der Waals surface area contributed by atoms with Gasteiger partial charge in [0.2, 0.25) is 0 Å². The summed E-state index contributed by atoms with van der Waals surface area (Å²) in [5.74, 6) is -1.13. The minimum absolute atomic E-state index is 0.0782. The predicted molar refractivity (Wildman–Crippen MR) is 91.2 cm³/mol. The molecule has 0 spiro atoms. The van der Waals surface area contributed by atoms with Gasteiger partial charge >= 0.3 is 12.1 Å². The van der Waals surface area contributed by atoms with E-state index in [4.69, 9.17) is 5.11 Å². The summed E-state index contributed by atoms with van der Waals surface area (Å²) in [7, 11) is 0. The third kappa shape index (κ3) is 3.88. The number of benzene rings is 2. The normalized spacial score (nSPS) is 12.5. The van der Waals surface area contributed by atoms with Gasteiger partial charge in [-0.1, -0.05) is 30.3 Å². The number of rotatable bonds is 4. The van der Waals surface area contributed by atoms with Crippen molar-refractivity contribution >= 4 is 39.2 Å². The summed E-state index contributed by atoms with van der Waals surface area (Å²) in [5, 5.41) is 9.54. The number of carboxylic acids is 1. The number of thiazole rings is 1. The lowest BCUT2D eigenvalue weighted by Gasteiger charge is -2.11. The van der Waals surface area contributed by atoms with Gasteiger partial charge in [-0.2, -0.15) is 13.2 Å². The average Bonchev–Trinajstić information content (AvgIpc) is 2.97. The van der Waals surface area contributed by atoms with E-state index in [-0.39, 0.29) is 11.1 Å². The molecule has 0 atom stereocenters. The molecule has 2 aromatic carbocycles. The molecule has 3 aromatic rings. The van der Waals surface area contributed by atoms with Crippen LogP contribution in [0, 0.1) is 0 Å². The highest BCUT2D eigenvalue weighted by molar-refractivity contribution is 7.19. The van der Waals surface area contributed by atoms with Crippen molar-refractivity contribution in [1.82, 2.24) is 4.98 Å². The molecule has 0 unspecified atom stereocenters. The Bertz CT molecular complexity index is 927. The number of carbonyl (C=O) groups is 1. The second-order valence-electron chi connectivity index (χ2n) is 5.31. The summed E-state index contributed by atoms with van der Waals surface area (Å²) in [5.41, 5.74) is 0.0396. The molecule has 3 nitrogen and oxygen atoms in total. The molecule has 7 heteroatoms. The van der Waals surface area contributed by atoms with Crippen LogP contribution < -0.4 is 0 Å². The van der Waals surface area contributed by atoms with Crippen LogP contribution in [0.25, 0.3) is 21.9 Å². The van der Waals surface area contributed by atoms with Gasteiger partial charge in [-0.15, -0.1) is 11.3 Å². The van der Waals surface area contributed by atoms with Crippen molar-refractivity contribution in [1.29, 1.82) is 0 Å². The van der Waals surface area contributed by atoms with Crippen molar-refractivity contribution in [2.24, 2.45) is 0 Å². The summed E-state index contributed by atoms with van der Waals surface area (Å²) < 4.78 is 40.4. The summed E-state index contributed by atoms with van der Waals surface area (Å²) >= 11 is 1.26. The third-order valence-electron chi connectivity index (χ3n) is 3.51. The Kier molecular flexibility index (Phi) is 4.59. The van der Waals surface area contributed by atoms with E-state index in [0.717, 1.165) is 10.8 Å². The molecule has 0 saturated heterocycles. The first-order chi connectivity index (χ1) is 11.8. The Morgan fingerprint density at radius 3 is 2.48 bits per heavy atom. The molecule has 0 bridgehead atoms. The summed E-state index contributed by atoms with van der Waals surface area (Å²) in [4.78, 5) is 15.5. The lowest BCUT2D eigenvalue weighted by molar-refractivity contribution is -0.138. The molecule has 1 heterocycles. The fourth-order valence-electron chi connectivity index (χ4n) is 2.43. The van der Waals surface area contributed by atoms with E-state index in [9.17, 15) is 18.0 Å². The highest BCUT2D eigenvalue weighted by atomic mass is 32.1. The van der Waals surface area contributed by atoms with E-state index in [1.165, 1.54) is 35.6 Å². The Morgan fingerprint density at radius 2 is 1.80 bits per heavy atom. The Labute approximate surface area is 145 Å². The van der Waals surface area contributed by atoms with Gasteiger partial charge in [0.1, 0.15) is 5.01 Å². The van der Waals surface area contributed by atoms with Crippen LogP contribution in [0.1, 0.15) is 22.6 Å². The number of nitrogens with zero attached hydrogens (tertiary/aromatic N) is 1.